The third kappa shape index (κ3) is 6.32. The van der Waals surface area contributed by atoms with Gasteiger partial charge in [-0.15, -0.1) is 0 Å². The fraction of sp³-hybridized carbons (Fsp3) is 1.00. The van der Waals surface area contributed by atoms with E-state index in [-0.39, 0.29) is 13.2 Å². The Kier molecular flexibility index (Phi) is 9.29. The predicted molar refractivity (Wildman–Crippen MR) is 54.1 cm³/mol. The molecule has 0 aliphatic heterocycles. The highest BCUT2D eigenvalue weighted by Crippen LogP contribution is 2.06. The molecule has 0 aromatic rings. The fourth-order valence-corrected chi connectivity index (χ4v) is 1.15. The molecule has 0 aromatic carbocycles. The molecule has 0 aromatic heterocycles. The first kappa shape index (κ1) is 13.8. The molecule has 86 valence electrons. The van der Waals surface area contributed by atoms with Crippen LogP contribution in [0.15, 0.2) is 0 Å². The molecule has 0 radical (unpaired) electrons. The summed E-state index contributed by atoms with van der Waals surface area (Å²) in [5, 5.41) is 27.1. The van der Waals surface area contributed by atoms with Gasteiger partial charge in [0.05, 0.1) is 12.7 Å². The lowest BCUT2D eigenvalue weighted by atomic mass is 10.1. The lowest BCUT2D eigenvalue weighted by Gasteiger charge is -2.21. The molecule has 0 rings (SSSR count). The van der Waals surface area contributed by atoms with Gasteiger partial charge in [0.25, 0.3) is 0 Å². The Morgan fingerprint density at radius 2 is 1.93 bits per heavy atom. The second kappa shape index (κ2) is 9.40. The third-order valence-electron chi connectivity index (χ3n) is 2.10. The highest BCUT2D eigenvalue weighted by Gasteiger charge is 2.17. The van der Waals surface area contributed by atoms with Crippen LogP contribution >= 0.6 is 0 Å². The second-order valence-corrected chi connectivity index (χ2v) is 3.38. The number of aliphatic hydroxyl groups excluding tert-OH is 3. The average Bonchev–Trinajstić information content (AvgIpc) is 2.21. The highest BCUT2D eigenvalue weighted by molar-refractivity contribution is 4.67. The zero-order valence-corrected chi connectivity index (χ0v) is 8.85. The van der Waals surface area contributed by atoms with E-state index in [1.54, 1.807) is 0 Å². The van der Waals surface area contributed by atoms with E-state index in [2.05, 4.69) is 6.92 Å². The smallest absolute Gasteiger partial charge is 0.106 e. The zero-order valence-electron chi connectivity index (χ0n) is 8.85. The predicted octanol–water partition coefficient (Wildman–Crippen LogP) is 0.297. The normalized spacial score (nSPS) is 15.4. The monoisotopic (exact) mass is 206 g/mol. The van der Waals surface area contributed by atoms with Crippen LogP contribution < -0.4 is 0 Å². The molecule has 0 spiro atoms. The molecule has 0 aliphatic rings. The van der Waals surface area contributed by atoms with Gasteiger partial charge in [0.2, 0.25) is 0 Å². The van der Waals surface area contributed by atoms with Crippen molar-refractivity contribution in [3.63, 3.8) is 0 Å². The Labute approximate surface area is 85.5 Å². The van der Waals surface area contributed by atoms with Crippen molar-refractivity contribution >= 4 is 0 Å². The molecular weight excluding hydrogens is 184 g/mol. The summed E-state index contributed by atoms with van der Waals surface area (Å²) >= 11 is 0. The van der Waals surface area contributed by atoms with Crippen molar-refractivity contribution in [3.8, 4) is 0 Å². The molecule has 0 fully saturated rings. The summed E-state index contributed by atoms with van der Waals surface area (Å²) in [6.07, 6.45) is 1.79. The first-order valence-corrected chi connectivity index (χ1v) is 5.27. The molecule has 3 N–H and O–H groups in total. The van der Waals surface area contributed by atoms with E-state index in [0.717, 1.165) is 12.8 Å². The molecule has 0 saturated heterocycles. The maximum Gasteiger partial charge on any atom is 0.106 e. The van der Waals surface area contributed by atoms with E-state index in [0.29, 0.717) is 19.4 Å². The van der Waals surface area contributed by atoms with Gasteiger partial charge in [0.15, 0.2) is 0 Å². The van der Waals surface area contributed by atoms with Gasteiger partial charge in [-0.05, 0) is 19.3 Å². The molecular formula is C10H22O4. The molecule has 0 saturated carbocycles. The number of aliphatic hydroxyl groups is 3. The van der Waals surface area contributed by atoms with Crippen LogP contribution in [0.2, 0.25) is 0 Å². The van der Waals surface area contributed by atoms with Gasteiger partial charge < -0.3 is 20.1 Å². The summed E-state index contributed by atoms with van der Waals surface area (Å²) in [5.41, 5.74) is 0. The minimum absolute atomic E-state index is 0.0597. The van der Waals surface area contributed by atoms with Crippen LogP contribution in [-0.2, 0) is 4.74 Å². The van der Waals surface area contributed by atoms with E-state index in [1.807, 2.05) is 0 Å². The molecule has 0 aliphatic carbocycles. The van der Waals surface area contributed by atoms with Crippen LogP contribution in [0.25, 0.3) is 0 Å². The Bertz CT molecular complexity index is 119. The summed E-state index contributed by atoms with van der Waals surface area (Å²) in [5.74, 6) is 0. The molecule has 2 unspecified atom stereocenters. The maximum atomic E-state index is 9.54. The number of ether oxygens (including phenoxy) is 1. The van der Waals surface area contributed by atoms with Crippen LogP contribution in [0.5, 0.6) is 0 Å². The average molecular weight is 206 g/mol. The largest absolute Gasteiger partial charge is 0.396 e. The molecule has 2 atom stereocenters. The fourth-order valence-electron chi connectivity index (χ4n) is 1.15. The lowest BCUT2D eigenvalue weighted by Crippen LogP contribution is -2.33. The Morgan fingerprint density at radius 3 is 2.43 bits per heavy atom. The molecule has 4 nitrogen and oxygen atoms in total. The summed E-state index contributed by atoms with van der Waals surface area (Å²) in [4.78, 5) is 0. The van der Waals surface area contributed by atoms with Gasteiger partial charge in [-0.25, -0.2) is 0 Å². The van der Waals surface area contributed by atoms with Crippen LogP contribution in [0.4, 0.5) is 0 Å². The number of unbranched alkanes of at least 4 members (excludes halogenated alkanes) is 1. The van der Waals surface area contributed by atoms with Gasteiger partial charge in [-0.2, -0.15) is 0 Å². The van der Waals surface area contributed by atoms with E-state index in [4.69, 9.17) is 14.9 Å². The number of rotatable bonds is 9. The molecule has 14 heavy (non-hydrogen) atoms. The van der Waals surface area contributed by atoms with Crippen molar-refractivity contribution in [1.82, 2.24) is 0 Å². The van der Waals surface area contributed by atoms with Crippen molar-refractivity contribution in [2.75, 3.05) is 19.8 Å². The third-order valence-corrected chi connectivity index (χ3v) is 2.10. The Hall–Kier alpha value is -0.160. The van der Waals surface area contributed by atoms with Gasteiger partial charge in [0.1, 0.15) is 6.10 Å². The van der Waals surface area contributed by atoms with Gasteiger partial charge in [-0.3, -0.25) is 0 Å². The minimum Gasteiger partial charge on any atom is -0.396 e. The van der Waals surface area contributed by atoms with Crippen LogP contribution in [-0.4, -0.2) is 47.3 Å². The standard InChI is InChI=1S/C10H22O4/c1-2-3-7-14-10(8-12)9(13)5-4-6-11/h9-13H,2-8H2,1H3. The SMILES string of the molecule is CCCCOC(CO)C(O)CCCO. The van der Waals surface area contributed by atoms with Gasteiger partial charge in [0, 0.05) is 13.2 Å². The van der Waals surface area contributed by atoms with Crippen molar-refractivity contribution in [2.45, 2.75) is 44.8 Å². The minimum atomic E-state index is -0.677. The number of hydrogen-bond acceptors (Lipinski definition) is 4. The van der Waals surface area contributed by atoms with E-state index >= 15 is 0 Å². The van der Waals surface area contributed by atoms with Crippen molar-refractivity contribution < 1.29 is 20.1 Å². The Balaban J connectivity index is 3.62. The lowest BCUT2D eigenvalue weighted by molar-refractivity contribution is -0.0676. The van der Waals surface area contributed by atoms with Crippen LogP contribution in [0.3, 0.4) is 0 Å². The number of hydrogen-bond donors (Lipinski definition) is 3. The van der Waals surface area contributed by atoms with Gasteiger partial charge in [-0.1, -0.05) is 13.3 Å². The molecule has 0 bridgehead atoms. The Morgan fingerprint density at radius 1 is 1.21 bits per heavy atom. The highest BCUT2D eigenvalue weighted by atomic mass is 16.5. The molecule has 0 amide bonds. The van der Waals surface area contributed by atoms with Crippen molar-refractivity contribution in [3.05, 3.63) is 0 Å². The first-order valence-electron chi connectivity index (χ1n) is 5.27. The van der Waals surface area contributed by atoms with Crippen molar-refractivity contribution in [2.24, 2.45) is 0 Å². The van der Waals surface area contributed by atoms with E-state index < -0.39 is 12.2 Å². The second-order valence-electron chi connectivity index (χ2n) is 3.38. The summed E-state index contributed by atoms with van der Waals surface area (Å²) in [7, 11) is 0. The first-order chi connectivity index (χ1) is 6.76. The molecule has 0 heterocycles. The summed E-state index contributed by atoms with van der Waals surface area (Å²) in [6, 6.07) is 0. The van der Waals surface area contributed by atoms with Crippen LogP contribution in [0, 0.1) is 0 Å². The maximum absolute atomic E-state index is 9.54. The molecule has 4 heteroatoms. The summed E-state index contributed by atoms with van der Waals surface area (Å²) < 4.78 is 5.31. The quantitative estimate of drug-likeness (QED) is 0.474. The van der Waals surface area contributed by atoms with Crippen LogP contribution in [0.1, 0.15) is 32.6 Å². The van der Waals surface area contributed by atoms with E-state index in [9.17, 15) is 5.11 Å². The van der Waals surface area contributed by atoms with Crippen molar-refractivity contribution in [1.29, 1.82) is 0 Å². The zero-order chi connectivity index (χ0) is 10.8. The summed E-state index contributed by atoms with van der Waals surface area (Å²) in [6.45, 7) is 2.51. The topological polar surface area (TPSA) is 69.9 Å². The van der Waals surface area contributed by atoms with E-state index in [1.165, 1.54) is 0 Å². The van der Waals surface area contributed by atoms with Gasteiger partial charge >= 0.3 is 0 Å².